The van der Waals surface area contributed by atoms with E-state index in [1.54, 1.807) is 7.05 Å². The molecule has 8 heteroatoms. The number of carbonyl (C=O) groups is 2. The van der Waals surface area contributed by atoms with Gasteiger partial charge in [-0.3, -0.25) is 9.59 Å². The molecule has 0 unspecified atom stereocenters. The Bertz CT molecular complexity index is 1010. The molecule has 0 fully saturated rings. The molecule has 1 heterocycles. The van der Waals surface area contributed by atoms with Crippen molar-refractivity contribution < 1.29 is 9.59 Å². The van der Waals surface area contributed by atoms with E-state index in [1.807, 2.05) is 63.2 Å². The summed E-state index contributed by atoms with van der Waals surface area (Å²) in [4.78, 5) is 27.4. The number of nitrogens with one attached hydrogen (secondary N) is 1. The van der Waals surface area contributed by atoms with E-state index in [9.17, 15) is 9.59 Å². The van der Waals surface area contributed by atoms with E-state index < -0.39 is 0 Å². The number of nitrogens with zero attached hydrogens (tertiary/aromatic N) is 5. The lowest BCUT2D eigenvalue weighted by molar-refractivity contribution is -0.134. The number of benzene rings is 2. The third-order valence-electron chi connectivity index (χ3n) is 4.51. The number of aromatic nitrogens is 4. The lowest BCUT2D eigenvalue weighted by atomic mass is 10.1. The highest BCUT2D eigenvalue weighted by Crippen LogP contribution is 2.21. The Morgan fingerprint density at radius 2 is 1.72 bits per heavy atom. The summed E-state index contributed by atoms with van der Waals surface area (Å²) >= 11 is 0. The van der Waals surface area contributed by atoms with Gasteiger partial charge in [0.25, 0.3) is 0 Å². The molecule has 2 amide bonds. The van der Waals surface area contributed by atoms with Crippen LogP contribution in [-0.4, -0.2) is 50.5 Å². The van der Waals surface area contributed by atoms with Crippen LogP contribution in [0.4, 0.5) is 5.69 Å². The number of rotatable bonds is 6. The van der Waals surface area contributed by atoms with E-state index in [0.29, 0.717) is 5.82 Å². The Kier molecular flexibility index (Phi) is 6.01. The quantitative estimate of drug-likeness (QED) is 0.695. The number of anilines is 1. The third kappa shape index (κ3) is 5.04. The van der Waals surface area contributed by atoms with Gasteiger partial charge in [-0.15, -0.1) is 10.2 Å². The lowest BCUT2D eigenvalue weighted by Gasteiger charge is -2.18. The first-order valence-corrected chi connectivity index (χ1v) is 9.28. The highest BCUT2D eigenvalue weighted by Gasteiger charge is 2.17. The van der Waals surface area contributed by atoms with Crippen LogP contribution < -0.4 is 5.32 Å². The fourth-order valence-corrected chi connectivity index (χ4v) is 3.11. The predicted molar refractivity (Wildman–Crippen MR) is 110 cm³/mol. The topological polar surface area (TPSA) is 93.0 Å². The smallest absolute Gasteiger partial charge is 0.246 e. The van der Waals surface area contributed by atoms with Crippen LogP contribution in [0, 0.1) is 20.8 Å². The maximum Gasteiger partial charge on any atom is 0.246 e. The Morgan fingerprint density at radius 1 is 1.07 bits per heavy atom. The summed E-state index contributed by atoms with van der Waals surface area (Å²) in [7, 11) is 1.58. The first-order chi connectivity index (χ1) is 13.8. The monoisotopic (exact) mass is 392 g/mol. The average Bonchev–Trinajstić information content (AvgIpc) is 3.14. The minimum atomic E-state index is -0.283. The molecule has 3 rings (SSSR count). The van der Waals surface area contributed by atoms with Gasteiger partial charge in [0.2, 0.25) is 17.6 Å². The minimum absolute atomic E-state index is 0.0637. The number of amides is 2. The summed E-state index contributed by atoms with van der Waals surface area (Å²) in [6.07, 6.45) is 0. The summed E-state index contributed by atoms with van der Waals surface area (Å²) in [6, 6.07) is 13.4. The van der Waals surface area contributed by atoms with E-state index in [-0.39, 0.29) is 24.9 Å². The van der Waals surface area contributed by atoms with Crippen molar-refractivity contribution in [2.75, 3.05) is 18.9 Å². The highest BCUT2D eigenvalue weighted by atomic mass is 16.2. The van der Waals surface area contributed by atoms with Gasteiger partial charge in [0, 0.05) is 18.3 Å². The zero-order chi connectivity index (χ0) is 21.0. The molecule has 0 aliphatic heterocycles. The van der Waals surface area contributed by atoms with Crippen LogP contribution in [0.1, 0.15) is 16.7 Å². The first kappa shape index (κ1) is 20.2. The summed E-state index contributed by atoms with van der Waals surface area (Å²) in [5.41, 5.74) is 4.73. The second-order valence-corrected chi connectivity index (χ2v) is 7.08. The van der Waals surface area contributed by atoms with Crippen LogP contribution in [0.25, 0.3) is 11.4 Å². The van der Waals surface area contributed by atoms with E-state index >= 15 is 0 Å². The Hall–Kier alpha value is -3.55. The summed E-state index contributed by atoms with van der Waals surface area (Å²) < 4.78 is 0. The maximum absolute atomic E-state index is 12.4. The molecule has 1 aromatic heterocycles. The van der Waals surface area contributed by atoms with Crippen LogP contribution in [0.3, 0.4) is 0 Å². The Morgan fingerprint density at radius 3 is 2.38 bits per heavy atom. The number of carbonyl (C=O) groups excluding carboxylic acids is 2. The van der Waals surface area contributed by atoms with Crippen molar-refractivity contribution in [3.05, 3.63) is 59.2 Å². The average molecular weight is 392 g/mol. The van der Waals surface area contributed by atoms with Crippen molar-refractivity contribution in [3.63, 3.8) is 0 Å². The third-order valence-corrected chi connectivity index (χ3v) is 4.51. The predicted octanol–water partition coefficient (Wildman–Crippen LogP) is 2.36. The Labute approximate surface area is 169 Å². The van der Waals surface area contributed by atoms with Gasteiger partial charge in [-0.2, -0.15) is 4.80 Å². The minimum Gasteiger partial charge on any atom is -0.335 e. The molecule has 0 atom stereocenters. The van der Waals surface area contributed by atoms with E-state index in [2.05, 4.69) is 20.7 Å². The molecule has 0 bridgehead atoms. The van der Waals surface area contributed by atoms with Crippen molar-refractivity contribution in [1.82, 2.24) is 25.1 Å². The molecule has 3 aromatic rings. The van der Waals surface area contributed by atoms with Crippen LogP contribution >= 0.6 is 0 Å². The largest absolute Gasteiger partial charge is 0.335 e. The maximum atomic E-state index is 12.4. The molecule has 2 aromatic carbocycles. The van der Waals surface area contributed by atoms with Gasteiger partial charge in [-0.05, 0) is 37.1 Å². The van der Waals surface area contributed by atoms with Gasteiger partial charge in [0.15, 0.2) is 0 Å². The Balaban J connectivity index is 1.58. The summed E-state index contributed by atoms with van der Waals surface area (Å²) in [6.45, 7) is 5.76. The van der Waals surface area contributed by atoms with Crippen LogP contribution in [-0.2, 0) is 16.1 Å². The lowest BCUT2D eigenvalue weighted by Crippen LogP contribution is -2.37. The zero-order valence-electron chi connectivity index (χ0n) is 17.0. The zero-order valence-corrected chi connectivity index (χ0v) is 17.0. The van der Waals surface area contributed by atoms with Gasteiger partial charge in [0.05, 0.1) is 6.54 Å². The number of hydrogen-bond donors (Lipinski definition) is 1. The molecule has 0 saturated heterocycles. The molecule has 0 radical (unpaired) electrons. The number of tetrazole rings is 1. The van der Waals surface area contributed by atoms with Gasteiger partial charge < -0.3 is 10.2 Å². The number of aryl methyl sites for hydroxylation is 3. The van der Waals surface area contributed by atoms with Gasteiger partial charge in [-0.25, -0.2) is 0 Å². The van der Waals surface area contributed by atoms with Crippen molar-refractivity contribution in [2.24, 2.45) is 0 Å². The molecule has 0 aliphatic rings. The van der Waals surface area contributed by atoms with E-state index in [1.165, 1.54) is 9.70 Å². The highest BCUT2D eigenvalue weighted by molar-refractivity contribution is 5.95. The fourth-order valence-electron chi connectivity index (χ4n) is 3.11. The molecule has 150 valence electrons. The summed E-state index contributed by atoms with van der Waals surface area (Å²) in [5, 5.41) is 15.0. The van der Waals surface area contributed by atoms with Crippen molar-refractivity contribution >= 4 is 17.5 Å². The molecular formula is C21H24N6O2. The SMILES string of the molecule is Cc1cc(C)c(NC(=O)CN(C)C(=O)Cn2nnc(-c3ccccc3)n2)c(C)c1. The molecule has 0 saturated carbocycles. The molecule has 8 nitrogen and oxygen atoms in total. The van der Waals surface area contributed by atoms with Gasteiger partial charge >= 0.3 is 0 Å². The van der Waals surface area contributed by atoms with Crippen molar-refractivity contribution in [3.8, 4) is 11.4 Å². The summed E-state index contributed by atoms with van der Waals surface area (Å²) in [5.74, 6) is -0.0916. The molecule has 1 N–H and O–H groups in total. The number of likely N-dealkylation sites (N-methyl/N-ethyl adjacent to an activating group) is 1. The van der Waals surface area contributed by atoms with Gasteiger partial charge in [-0.1, -0.05) is 48.0 Å². The number of hydrogen-bond acceptors (Lipinski definition) is 5. The van der Waals surface area contributed by atoms with Crippen LogP contribution in [0.2, 0.25) is 0 Å². The van der Waals surface area contributed by atoms with Crippen LogP contribution in [0.15, 0.2) is 42.5 Å². The second kappa shape index (κ2) is 8.64. The fraction of sp³-hybridized carbons (Fsp3) is 0.286. The molecule has 29 heavy (non-hydrogen) atoms. The first-order valence-electron chi connectivity index (χ1n) is 9.28. The van der Waals surface area contributed by atoms with Gasteiger partial charge in [0.1, 0.15) is 6.54 Å². The van der Waals surface area contributed by atoms with Crippen molar-refractivity contribution in [1.29, 1.82) is 0 Å². The standard InChI is InChI=1S/C21H24N6O2/c1-14-10-15(2)20(16(3)11-14)22-18(28)12-26(4)19(29)13-27-24-21(23-25-27)17-8-6-5-7-9-17/h5-11H,12-13H2,1-4H3,(H,22,28). The second-order valence-electron chi connectivity index (χ2n) is 7.08. The van der Waals surface area contributed by atoms with Crippen molar-refractivity contribution in [2.45, 2.75) is 27.3 Å². The van der Waals surface area contributed by atoms with E-state index in [4.69, 9.17) is 0 Å². The normalized spacial score (nSPS) is 10.6. The van der Waals surface area contributed by atoms with E-state index in [0.717, 1.165) is 27.9 Å². The molecular weight excluding hydrogens is 368 g/mol. The van der Waals surface area contributed by atoms with Crippen LogP contribution in [0.5, 0.6) is 0 Å². The molecule has 0 spiro atoms. The molecule has 0 aliphatic carbocycles.